The molecule has 0 amide bonds. The molecule has 0 unspecified atom stereocenters. The van der Waals surface area contributed by atoms with E-state index in [0.29, 0.717) is 0 Å². The fourth-order valence-electron chi connectivity index (χ4n) is 0.369. The summed E-state index contributed by atoms with van der Waals surface area (Å²) >= 11 is 0. The van der Waals surface area contributed by atoms with Crippen molar-refractivity contribution in [3.63, 3.8) is 0 Å². The Kier molecular flexibility index (Phi) is 3.73. The van der Waals surface area contributed by atoms with Gasteiger partial charge in [-0.25, -0.2) is 8.42 Å². The van der Waals surface area contributed by atoms with Crippen molar-refractivity contribution in [3.8, 4) is 0 Å². The Bertz CT molecular complexity index is 208. The Morgan fingerprint density at radius 1 is 1.45 bits per heavy atom. The van der Waals surface area contributed by atoms with Crippen molar-refractivity contribution >= 4 is 19.9 Å². The Morgan fingerprint density at radius 3 is 2.18 bits per heavy atom. The third-order valence-corrected chi connectivity index (χ3v) is 5.09. The van der Waals surface area contributed by atoms with Crippen LogP contribution in [0.15, 0.2) is 0 Å². The molecule has 0 aliphatic heterocycles. The summed E-state index contributed by atoms with van der Waals surface area (Å²) in [6, 6.07) is 0. The van der Waals surface area contributed by atoms with Crippen LogP contribution in [0.5, 0.6) is 0 Å². The number of hydrogen-bond acceptors (Lipinski definition) is 3. The molecule has 0 aliphatic rings. The van der Waals surface area contributed by atoms with Crippen molar-refractivity contribution in [2.75, 3.05) is 6.26 Å². The van der Waals surface area contributed by atoms with E-state index in [1.165, 1.54) is 0 Å². The van der Waals surface area contributed by atoms with Gasteiger partial charge in [-0.1, -0.05) is 27.2 Å². The number of rotatable bonds is 4. The molecule has 68 valence electrons. The van der Waals surface area contributed by atoms with Crippen molar-refractivity contribution in [2.24, 2.45) is 0 Å². The van der Waals surface area contributed by atoms with E-state index in [4.69, 9.17) is 3.87 Å². The predicted octanol–water partition coefficient (Wildman–Crippen LogP) is 0.655. The van der Waals surface area contributed by atoms with E-state index in [0.717, 1.165) is 12.7 Å². The Morgan fingerprint density at radius 2 is 1.91 bits per heavy atom. The third kappa shape index (κ3) is 6.52. The SMILES string of the molecule is CCC(C)(C)[SiH2]OS(C)(=O)=O. The monoisotopic (exact) mass is 196 g/mol. The van der Waals surface area contributed by atoms with E-state index < -0.39 is 19.9 Å². The van der Waals surface area contributed by atoms with Crippen LogP contribution in [0.25, 0.3) is 0 Å². The molecular weight excluding hydrogens is 180 g/mol. The summed E-state index contributed by atoms with van der Waals surface area (Å²) in [5.41, 5.74) is 0. The summed E-state index contributed by atoms with van der Waals surface area (Å²) < 4.78 is 26.0. The van der Waals surface area contributed by atoms with Gasteiger partial charge in [0, 0.05) is 0 Å². The maximum atomic E-state index is 10.6. The molecule has 3 nitrogen and oxygen atoms in total. The first-order valence-corrected chi connectivity index (χ1v) is 6.71. The van der Waals surface area contributed by atoms with Crippen LogP contribution in [0, 0.1) is 0 Å². The van der Waals surface area contributed by atoms with E-state index in [9.17, 15) is 8.42 Å². The van der Waals surface area contributed by atoms with Crippen LogP contribution in [-0.2, 0) is 14.0 Å². The van der Waals surface area contributed by atoms with Crippen molar-refractivity contribution in [2.45, 2.75) is 32.2 Å². The molecule has 5 heteroatoms. The molecular formula is C6H16O3SSi. The standard InChI is InChI=1S/C6H16O3SSi/c1-5-6(2,3)11-9-10(4,7)8/h5,11H2,1-4H3. The zero-order valence-electron chi connectivity index (χ0n) is 7.55. The van der Waals surface area contributed by atoms with E-state index in [1.54, 1.807) is 0 Å². The fraction of sp³-hybridized carbons (Fsp3) is 1.00. The van der Waals surface area contributed by atoms with E-state index >= 15 is 0 Å². The van der Waals surface area contributed by atoms with Crippen LogP contribution >= 0.6 is 0 Å². The van der Waals surface area contributed by atoms with Crippen LogP contribution in [0.2, 0.25) is 5.04 Å². The lowest BCUT2D eigenvalue weighted by atomic mass is 10.1. The molecule has 0 aromatic rings. The lowest BCUT2D eigenvalue weighted by Crippen LogP contribution is -2.18. The molecule has 0 rings (SSSR count). The van der Waals surface area contributed by atoms with E-state index in [1.807, 2.05) is 20.8 Å². The summed E-state index contributed by atoms with van der Waals surface area (Å²) in [4.78, 5) is 0. The Labute approximate surface area is 71.2 Å². The van der Waals surface area contributed by atoms with Gasteiger partial charge >= 0.3 is 0 Å². The molecule has 0 atom stereocenters. The molecule has 0 radical (unpaired) electrons. The number of hydrogen-bond donors (Lipinski definition) is 0. The predicted molar refractivity (Wildman–Crippen MR) is 48.8 cm³/mol. The highest BCUT2D eigenvalue weighted by Gasteiger charge is 2.19. The molecule has 11 heavy (non-hydrogen) atoms. The van der Waals surface area contributed by atoms with Gasteiger partial charge < -0.3 is 3.87 Å². The van der Waals surface area contributed by atoms with Crippen LogP contribution < -0.4 is 0 Å². The molecule has 0 aliphatic carbocycles. The van der Waals surface area contributed by atoms with Gasteiger partial charge in [-0.3, -0.25) is 0 Å². The van der Waals surface area contributed by atoms with E-state index in [2.05, 4.69) is 0 Å². The first-order chi connectivity index (χ1) is 4.77. The minimum Gasteiger partial charge on any atom is -0.322 e. The van der Waals surface area contributed by atoms with Gasteiger partial charge in [0.25, 0.3) is 10.1 Å². The highest BCUT2D eigenvalue weighted by molar-refractivity contribution is 7.86. The second-order valence-electron chi connectivity index (χ2n) is 3.48. The van der Waals surface area contributed by atoms with Crippen molar-refractivity contribution in [1.29, 1.82) is 0 Å². The molecule has 0 N–H and O–H groups in total. The molecule has 0 bridgehead atoms. The molecule has 0 heterocycles. The quantitative estimate of drug-likeness (QED) is 0.620. The highest BCUT2D eigenvalue weighted by atomic mass is 32.2. The molecule has 0 saturated heterocycles. The minimum absolute atomic E-state index is 0.0864. The van der Waals surface area contributed by atoms with Gasteiger partial charge in [0.2, 0.25) is 0 Å². The van der Waals surface area contributed by atoms with Gasteiger partial charge in [-0.05, 0) is 5.04 Å². The summed E-state index contributed by atoms with van der Waals surface area (Å²) in [6.07, 6.45) is 2.07. The molecule has 0 aromatic carbocycles. The van der Waals surface area contributed by atoms with Crippen LogP contribution in [0.4, 0.5) is 0 Å². The normalized spacial score (nSPS) is 14.5. The van der Waals surface area contributed by atoms with E-state index in [-0.39, 0.29) is 5.04 Å². The Hall–Kier alpha value is 0.127. The summed E-state index contributed by atoms with van der Waals surface area (Å²) in [6.45, 7) is 6.10. The third-order valence-electron chi connectivity index (χ3n) is 1.62. The average molecular weight is 196 g/mol. The first-order valence-electron chi connectivity index (χ1n) is 3.61. The van der Waals surface area contributed by atoms with Gasteiger partial charge in [0.1, 0.15) is 0 Å². The largest absolute Gasteiger partial charge is 0.322 e. The molecule has 0 saturated carbocycles. The summed E-state index contributed by atoms with van der Waals surface area (Å²) in [5.74, 6) is 0. The molecule has 0 spiro atoms. The second kappa shape index (κ2) is 3.69. The maximum absolute atomic E-state index is 10.6. The fourth-order valence-corrected chi connectivity index (χ4v) is 2.71. The lowest BCUT2D eigenvalue weighted by molar-refractivity contribution is 0.480. The van der Waals surface area contributed by atoms with Crippen molar-refractivity contribution in [1.82, 2.24) is 0 Å². The summed E-state index contributed by atoms with van der Waals surface area (Å²) in [7, 11) is -4.16. The van der Waals surface area contributed by atoms with Crippen molar-refractivity contribution in [3.05, 3.63) is 0 Å². The van der Waals surface area contributed by atoms with Crippen LogP contribution in [0.3, 0.4) is 0 Å². The highest BCUT2D eigenvalue weighted by Crippen LogP contribution is 2.26. The summed E-state index contributed by atoms with van der Waals surface area (Å²) in [5, 5.41) is 0.0864. The Balaban J connectivity index is 3.90. The average Bonchev–Trinajstić information content (AvgIpc) is 1.83. The maximum Gasteiger partial charge on any atom is 0.254 e. The van der Waals surface area contributed by atoms with Gasteiger partial charge in [-0.2, -0.15) is 0 Å². The van der Waals surface area contributed by atoms with Gasteiger partial charge in [0.05, 0.1) is 6.26 Å². The topological polar surface area (TPSA) is 43.4 Å². The smallest absolute Gasteiger partial charge is 0.254 e. The van der Waals surface area contributed by atoms with Crippen LogP contribution in [0.1, 0.15) is 27.2 Å². The zero-order chi connectivity index (χ0) is 9.12. The van der Waals surface area contributed by atoms with Crippen LogP contribution in [-0.4, -0.2) is 24.4 Å². The molecule has 0 aromatic heterocycles. The second-order valence-corrected chi connectivity index (χ2v) is 8.04. The molecule has 0 fully saturated rings. The zero-order valence-corrected chi connectivity index (χ0v) is 9.78. The first kappa shape index (κ1) is 11.1. The van der Waals surface area contributed by atoms with Crippen molar-refractivity contribution < 1.29 is 12.3 Å². The van der Waals surface area contributed by atoms with Gasteiger partial charge in [0.15, 0.2) is 9.76 Å². The van der Waals surface area contributed by atoms with Gasteiger partial charge in [-0.15, -0.1) is 0 Å². The lowest BCUT2D eigenvalue weighted by Gasteiger charge is -2.19. The minimum atomic E-state index is -3.21.